The zero-order valence-electron chi connectivity index (χ0n) is 10.7. The molecular formula is C14H19NO2. The Hall–Kier alpha value is -1.51. The average Bonchev–Trinajstić information content (AvgIpc) is 3.11. The molecule has 0 heterocycles. The number of carbonyl (C=O) groups excluding carboxylic acids is 1. The van der Waals surface area contributed by atoms with Crippen LogP contribution in [0.5, 0.6) is 5.75 Å². The van der Waals surface area contributed by atoms with Crippen LogP contribution in [0.15, 0.2) is 18.2 Å². The number of rotatable bonds is 4. The summed E-state index contributed by atoms with van der Waals surface area (Å²) in [6, 6.07) is 5.77. The Balaban J connectivity index is 2.23. The average molecular weight is 233 g/mol. The maximum Gasteiger partial charge on any atom is 0.253 e. The molecule has 1 aliphatic carbocycles. The molecule has 3 nitrogen and oxygen atoms in total. The highest BCUT2D eigenvalue weighted by atomic mass is 16.5. The molecular weight excluding hydrogens is 214 g/mol. The van der Waals surface area contributed by atoms with Crippen molar-refractivity contribution in [2.24, 2.45) is 0 Å². The van der Waals surface area contributed by atoms with Crippen LogP contribution in [-0.4, -0.2) is 31.0 Å². The zero-order valence-corrected chi connectivity index (χ0v) is 10.7. The van der Waals surface area contributed by atoms with E-state index in [1.807, 2.05) is 18.2 Å². The smallest absolute Gasteiger partial charge is 0.253 e. The first-order chi connectivity index (χ1) is 8.11. The van der Waals surface area contributed by atoms with Crippen LogP contribution in [0.1, 0.15) is 35.7 Å². The number of hydrogen-bond donors (Lipinski definition) is 0. The normalized spacial score (nSPS) is 14.5. The first-order valence-corrected chi connectivity index (χ1v) is 6.13. The first kappa shape index (κ1) is 12.0. The molecule has 3 heteroatoms. The highest BCUT2D eigenvalue weighted by molar-refractivity contribution is 5.95. The van der Waals surface area contributed by atoms with Gasteiger partial charge >= 0.3 is 0 Å². The molecule has 0 spiro atoms. The van der Waals surface area contributed by atoms with Gasteiger partial charge in [-0.15, -0.1) is 0 Å². The Kier molecular flexibility index (Phi) is 3.36. The van der Waals surface area contributed by atoms with Gasteiger partial charge in [-0.05, 0) is 43.0 Å². The van der Waals surface area contributed by atoms with Crippen LogP contribution in [0.25, 0.3) is 0 Å². The highest BCUT2D eigenvalue weighted by Gasteiger charge is 2.24. The van der Waals surface area contributed by atoms with E-state index < -0.39 is 0 Å². The zero-order chi connectivity index (χ0) is 12.4. The van der Waals surface area contributed by atoms with Crippen molar-refractivity contribution in [3.63, 3.8) is 0 Å². The third kappa shape index (κ3) is 2.78. The van der Waals surface area contributed by atoms with Crippen molar-refractivity contribution < 1.29 is 9.53 Å². The second kappa shape index (κ2) is 4.78. The van der Waals surface area contributed by atoms with E-state index in [0.29, 0.717) is 6.10 Å². The molecule has 1 amide bonds. The van der Waals surface area contributed by atoms with Gasteiger partial charge in [0, 0.05) is 19.7 Å². The lowest BCUT2D eigenvalue weighted by Crippen LogP contribution is -2.22. The van der Waals surface area contributed by atoms with E-state index >= 15 is 0 Å². The molecule has 0 N–H and O–H groups in total. The maximum absolute atomic E-state index is 12.0. The van der Waals surface area contributed by atoms with E-state index in [0.717, 1.165) is 36.1 Å². The Morgan fingerprint density at radius 2 is 2.12 bits per heavy atom. The molecule has 1 aromatic rings. The van der Waals surface area contributed by atoms with E-state index in [9.17, 15) is 4.79 Å². The quantitative estimate of drug-likeness (QED) is 0.799. The Labute approximate surface area is 102 Å². The lowest BCUT2D eigenvalue weighted by molar-refractivity contribution is 0.0826. The van der Waals surface area contributed by atoms with Gasteiger partial charge in [-0.2, -0.15) is 0 Å². The van der Waals surface area contributed by atoms with Crippen molar-refractivity contribution in [3.05, 3.63) is 29.3 Å². The van der Waals surface area contributed by atoms with E-state index in [2.05, 4.69) is 6.92 Å². The number of nitrogens with zero attached hydrogens (tertiary/aromatic N) is 1. The molecule has 0 unspecified atom stereocenters. The fourth-order valence-electron chi connectivity index (χ4n) is 1.76. The molecule has 0 bridgehead atoms. The van der Waals surface area contributed by atoms with E-state index in [-0.39, 0.29) is 5.91 Å². The number of benzene rings is 1. The summed E-state index contributed by atoms with van der Waals surface area (Å²) in [5, 5.41) is 0. The van der Waals surface area contributed by atoms with Crippen LogP contribution in [0.4, 0.5) is 0 Å². The van der Waals surface area contributed by atoms with Crippen LogP contribution in [-0.2, 0) is 6.42 Å². The lowest BCUT2D eigenvalue weighted by Gasteiger charge is -2.14. The van der Waals surface area contributed by atoms with E-state index in [1.54, 1.807) is 19.0 Å². The minimum Gasteiger partial charge on any atom is -0.490 e. The third-order valence-electron chi connectivity index (χ3n) is 2.92. The molecule has 1 aliphatic rings. The SMILES string of the molecule is CCc1cc(OC2CC2)ccc1C(=O)N(C)C. The third-order valence-corrected chi connectivity index (χ3v) is 2.92. The van der Waals surface area contributed by atoms with Crippen LogP contribution < -0.4 is 4.74 Å². The Bertz CT molecular complexity index is 422. The van der Waals surface area contributed by atoms with Crippen LogP contribution >= 0.6 is 0 Å². The minimum absolute atomic E-state index is 0.0554. The van der Waals surface area contributed by atoms with Gasteiger partial charge in [-0.3, -0.25) is 4.79 Å². The summed E-state index contributed by atoms with van der Waals surface area (Å²) in [6.45, 7) is 2.06. The number of hydrogen-bond acceptors (Lipinski definition) is 2. The van der Waals surface area contributed by atoms with Gasteiger partial charge in [0.15, 0.2) is 0 Å². The summed E-state index contributed by atoms with van der Waals surface area (Å²) in [5.74, 6) is 0.944. The molecule has 1 fully saturated rings. The second-order valence-electron chi connectivity index (χ2n) is 4.69. The van der Waals surface area contributed by atoms with Crippen molar-refractivity contribution >= 4 is 5.91 Å². The molecule has 2 rings (SSSR count). The predicted octanol–water partition coefficient (Wildman–Crippen LogP) is 2.49. The number of ether oxygens (including phenoxy) is 1. The molecule has 0 aliphatic heterocycles. The fraction of sp³-hybridized carbons (Fsp3) is 0.500. The lowest BCUT2D eigenvalue weighted by atomic mass is 10.0. The molecule has 0 radical (unpaired) electrons. The second-order valence-corrected chi connectivity index (χ2v) is 4.69. The fourth-order valence-corrected chi connectivity index (χ4v) is 1.76. The summed E-state index contributed by atoms with van der Waals surface area (Å²) in [4.78, 5) is 13.6. The summed E-state index contributed by atoms with van der Waals surface area (Å²) >= 11 is 0. The van der Waals surface area contributed by atoms with Gasteiger partial charge in [0.2, 0.25) is 0 Å². The minimum atomic E-state index is 0.0554. The molecule has 92 valence electrons. The summed E-state index contributed by atoms with van der Waals surface area (Å²) in [7, 11) is 3.55. The van der Waals surface area contributed by atoms with Gasteiger partial charge in [0.05, 0.1) is 6.10 Å². The molecule has 1 saturated carbocycles. The Morgan fingerprint density at radius 1 is 1.41 bits per heavy atom. The van der Waals surface area contributed by atoms with Gasteiger partial charge in [-0.25, -0.2) is 0 Å². The predicted molar refractivity (Wildman–Crippen MR) is 67.5 cm³/mol. The first-order valence-electron chi connectivity index (χ1n) is 6.13. The van der Waals surface area contributed by atoms with Crippen LogP contribution in [0.3, 0.4) is 0 Å². The standard InChI is InChI=1S/C14H19NO2/c1-4-10-9-12(17-11-5-6-11)7-8-13(10)14(16)15(2)3/h7-9,11H,4-6H2,1-3H3. The monoisotopic (exact) mass is 233 g/mol. The van der Waals surface area contributed by atoms with Crippen molar-refractivity contribution in [3.8, 4) is 5.75 Å². The van der Waals surface area contributed by atoms with Gasteiger partial charge in [-0.1, -0.05) is 6.92 Å². The van der Waals surface area contributed by atoms with Crippen molar-refractivity contribution in [2.75, 3.05) is 14.1 Å². The molecule has 0 atom stereocenters. The summed E-state index contributed by atoms with van der Waals surface area (Å²) < 4.78 is 5.74. The van der Waals surface area contributed by atoms with Crippen LogP contribution in [0, 0.1) is 0 Å². The number of amides is 1. The molecule has 17 heavy (non-hydrogen) atoms. The molecule has 0 aromatic heterocycles. The van der Waals surface area contributed by atoms with E-state index in [1.165, 1.54) is 0 Å². The van der Waals surface area contributed by atoms with Gasteiger partial charge in [0.1, 0.15) is 5.75 Å². The highest BCUT2D eigenvalue weighted by Crippen LogP contribution is 2.28. The summed E-state index contributed by atoms with van der Waals surface area (Å²) in [5.41, 5.74) is 1.84. The van der Waals surface area contributed by atoms with Crippen molar-refractivity contribution in [1.29, 1.82) is 0 Å². The van der Waals surface area contributed by atoms with Crippen molar-refractivity contribution in [1.82, 2.24) is 4.90 Å². The topological polar surface area (TPSA) is 29.5 Å². The van der Waals surface area contributed by atoms with Gasteiger partial charge in [0.25, 0.3) is 5.91 Å². The molecule has 0 saturated heterocycles. The van der Waals surface area contributed by atoms with E-state index in [4.69, 9.17) is 4.74 Å². The number of aryl methyl sites for hydroxylation is 1. The van der Waals surface area contributed by atoms with Crippen molar-refractivity contribution in [2.45, 2.75) is 32.3 Å². The number of carbonyl (C=O) groups is 1. The maximum atomic E-state index is 12.0. The van der Waals surface area contributed by atoms with Gasteiger partial charge < -0.3 is 9.64 Å². The molecule has 1 aromatic carbocycles. The van der Waals surface area contributed by atoms with Crippen LogP contribution in [0.2, 0.25) is 0 Å². The summed E-state index contributed by atoms with van der Waals surface area (Å²) in [6.07, 6.45) is 3.55. The Morgan fingerprint density at radius 3 is 2.65 bits per heavy atom. The largest absolute Gasteiger partial charge is 0.490 e.